The first-order chi connectivity index (χ1) is 20.0. The fourth-order valence-electron chi connectivity index (χ4n) is 5.02. The summed E-state index contributed by atoms with van der Waals surface area (Å²) in [4.78, 5) is 5.11. The number of rotatable bonds is 7. The van der Waals surface area contributed by atoms with Crippen molar-refractivity contribution in [3.05, 3.63) is 91.7 Å². The summed E-state index contributed by atoms with van der Waals surface area (Å²) < 4.78 is 51.8. The number of benzene rings is 2. The van der Waals surface area contributed by atoms with Gasteiger partial charge in [0.25, 0.3) is 0 Å². The molecule has 0 amide bonds. The first-order valence-electron chi connectivity index (χ1n) is 12.8. The van der Waals surface area contributed by atoms with Gasteiger partial charge in [0.2, 0.25) is 0 Å². The molecule has 0 unspecified atom stereocenters. The van der Waals surface area contributed by atoms with Crippen molar-refractivity contribution in [3.63, 3.8) is 0 Å². The second kappa shape index (κ2) is 10.7. The third-order valence-electron chi connectivity index (χ3n) is 7.29. The van der Waals surface area contributed by atoms with Gasteiger partial charge in [-0.15, -0.1) is 0 Å². The number of ether oxygens (including phenoxy) is 1. The first kappa shape index (κ1) is 28.6. The van der Waals surface area contributed by atoms with Gasteiger partial charge in [0.1, 0.15) is 41.3 Å². The van der Waals surface area contributed by atoms with Gasteiger partial charge in [-0.1, -0.05) is 52.1 Å². The Morgan fingerprint density at radius 2 is 1.79 bits per heavy atom. The lowest BCUT2D eigenvalue weighted by atomic mass is 9.86. The van der Waals surface area contributed by atoms with Gasteiger partial charge in [-0.05, 0) is 49.2 Å². The summed E-state index contributed by atoms with van der Waals surface area (Å²) in [5, 5.41) is 25.5. The van der Waals surface area contributed by atoms with Crippen molar-refractivity contribution >= 4 is 40.6 Å². The molecule has 2 fully saturated rings. The Kier molecular flexibility index (Phi) is 7.26. The predicted molar refractivity (Wildman–Crippen MR) is 150 cm³/mol. The Morgan fingerprint density at radius 1 is 1.07 bits per heavy atom. The molecule has 42 heavy (non-hydrogen) atoms. The molecule has 1 N–H and O–H groups in total. The Bertz CT molecular complexity index is 1710. The van der Waals surface area contributed by atoms with Crippen LogP contribution < -0.4 is 9.64 Å². The molecule has 1 saturated heterocycles. The molecule has 0 bridgehead atoms. The lowest BCUT2D eigenvalue weighted by Crippen LogP contribution is -2.60. The Morgan fingerprint density at radius 3 is 2.40 bits per heavy atom. The fourth-order valence-corrected chi connectivity index (χ4v) is 5.94. The molecule has 2 aromatic carbocycles. The summed E-state index contributed by atoms with van der Waals surface area (Å²) in [5.74, 6) is 1.38. The molecule has 216 valence electrons. The van der Waals surface area contributed by atoms with Gasteiger partial charge in [-0.2, -0.15) is 18.4 Å². The minimum Gasteiger partial charge on any atom is -0.489 e. The van der Waals surface area contributed by atoms with E-state index in [2.05, 4.69) is 10.1 Å². The van der Waals surface area contributed by atoms with E-state index in [1.807, 2.05) is 0 Å². The molecule has 4 aromatic rings. The van der Waals surface area contributed by atoms with Gasteiger partial charge in [0, 0.05) is 17.0 Å². The summed E-state index contributed by atoms with van der Waals surface area (Å²) in [6.07, 6.45) is -2.83. The zero-order valence-corrected chi connectivity index (χ0v) is 23.8. The lowest BCUT2D eigenvalue weighted by molar-refractivity contribution is -0.141. The third-order valence-corrected chi connectivity index (χ3v) is 8.23. The van der Waals surface area contributed by atoms with Crippen LogP contribution in [0.3, 0.4) is 0 Å². The average Bonchev–Trinajstić information content (AvgIpc) is 3.69. The summed E-state index contributed by atoms with van der Waals surface area (Å²) in [6.45, 7) is 0.0128. The smallest absolute Gasteiger partial charge is 0.434 e. The van der Waals surface area contributed by atoms with Gasteiger partial charge in [-0.25, -0.2) is 4.98 Å². The van der Waals surface area contributed by atoms with Crippen molar-refractivity contribution in [2.75, 3.05) is 18.0 Å². The van der Waals surface area contributed by atoms with E-state index < -0.39 is 23.0 Å². The van der Waals surface area contributed by atoms with Crippen LogP contribution in [0.25, 0.3) is 11.3 Å². The minimum atomic E-state index is -4.78. The second-order valence-electron chi connectivity index (χ2n) is 10.2. The highest BCUT2D eigenvalue weighted by atomic mass is 35.5. The van der Waals surface area contributed by atoms with Crippen molar-refractivity contribution < 1.29 is 27.5 Å². The number of anilines is 1. The Labute approximate surface area is 253 Å². The highest BCUT2D eigenvalue weighted by molar-refractivity contribution is 6.39. The summed E-state index contributed by atoms with van der Waals surface area (Å²) in [6, 6.07) is 13.9. The van der Waals surface area contributed by atoms with Crippen LogP contribution >= 0.6 is 34.8 Å². The zero-order chi connectivity index (χ0) is 29.8. The van der Waals surface area contributed by atoms with Crippen LogP contribution in [0, 0.1) is 11.3 Å². The van der Waals surface area contributed by atoms with Crippen LogP contribution in [-0.2, 0) is 18.4 Å². The predicted octanol–water partition coefficient (Wildman–Crippen LogP) is 7.75. The largest absolute Gasteiger partial charge is 0.489 e. The molecule has 1 aliphatic carbocycles. The van der Waals surface area contributed by atoms with E-state index >= 15 is 0 Å². The molecule has 0 spiro atoms. The molecule has 0 radical (unpaired) electrons. The van der Waals surface area contributed by atoms with Crippen LogP contribution in [0.1, 0.15) is 46.9 Å². The lowest BCUT2D eigenvalue weighted by Gasteiger charge is -2.47. The van der Waals surface area contributed by atoms with E-state index in [-0.39, 0.29) is 36.5 Å². The number of alkyl halides is 3. The van der Waals surface area contributed by atoms with Crippen LogP contribution in [0.5, 0.6) is 5.75 Å². The number of β-amino-alcohol motifs (C(OH)–C–C–N with tert-alkyl or cyclic N) is 1. The van der Waals surface area contributed by atoms with E-state index in [1.165, 1.54) is 17.0 Å². The molecule has 1 aliphatic heterocycles. The van der Waals surface area contributed by atoms with E-state index in [1.54, 1.807) is 36.4 Å². The fraction of sp³-hybridized carbons (Fsp3) is 0.276. The quantitative estimate of drug-likeness (QED) is 0.222. The van der Waals surface area contributed by atoms with Crippen molar-refractivity contribution in [2.24, 2.45) is 0 Å². The summed E-state index contributed by atoms with van der Waals surface area (Å²) in [7, 11) is 0. The minimum absolute atomic E-state index is 0.00306. The van der Waals surface area contributed by atoms with Gasteiger partial charge in [0.05, 0.1) is 39.3 Å². The van der Waals surface area contributed by atoms with Crippen molar-refractivity contribution in [1.29, 1.82) is 5.26 Å². The van der Waals surface area contributed by atoms with Crippen molar-refractivity contribution in [3.8, 4) is 23.1 Å². The van der Waals surface area contributed by atoms with Gasteiger partial charge in [-0.3, -0.25) is 0 Å². The molecule has 7 nitrogen and oxygen atoms in total. The van der Waals surface area contributed by atoms with Crippen LogP contribution in [-0.4, -0.2) is 28.3 Å². The second-order valence-corrected chi connectivity index (χ2v) is 11.5. The number of pyridine rings is 1. The van der Waals surface area contributed by atoms with Gasteiger partial charge >= 0.3 is 6.18 Å². The molecular weight excluding hydrogens is 616 g/mol. The molecule has 13 heteroatoms. The number of nitrogens with zero attached hydrogens (tertiary/aromatic N) is 4. The van der Waals surface area contributed by atoms with Gasteiger partial charge < -0.3 is 19.3 Å². The number of aliphatic hydroxyl groups is 1. The Hall–Kier alpha value is -3.49. The zero-order valence-electron chi connectivity index (χ0n) is 21.6. The molecule has 2 aromatic heterocycles. The van der Waals surface area contributed by atoms with E-state index in [0.717, 1.165) is 30.2 Å². The number of nitriles is 1. The van der Waals surface area contributed by atoms with Crippen LogP contribution in [0.15, 0.2) is 53.1 Å². The highest BCUT2D eigenvalue weighted by Crippen LogP contribution is 2.46. The maximum absolute atomic E-state index is 13.3. The molecule has 0 atom stereocenters. The molecular formula is C29H20Cl3F3N4O3. The van der Waals surface area contributed by atoms with E-state index in [4.69, 9.17) is 49.3 Å². The molecule has 6 rings (SSSR count). The van der Waals surface area contributed by atoms with E-state index in [9.17, 15) is 18.3 Å². The topological polar surface area (TPSA) is 95.4 Å². The molecule has 1 saturated carbocycles. The van der Waals surface area contributed by atoms with Gasteiger partial charge in [0.15, 0.2) is 5.69 Å². The SMILES string of the molecule is N#Cc1ccc(N2CC(O)(c3ccc(OCc4c(-c5c(Cl)cccc5Cl)noc4C4CC4)cc3Cl)C2)nc1C(F)(F)F. The molecule has 3 heterocycles. The van der Waals surface area contributed by atoms with Crippen molar-refractivity contribution in [2.45, 2.75) is 37.1 Å². The van der Waals surface area contributed by atoms with Crippen LogP contribution in [0.2, 0.25) is 15.1 Å². The highest BCUT2D eigenvalue weighted by Gasteiger charge is 2.46. The number of hydrogen-bond donors (Lipinski definition) is 1. The van der Waals surface area contributed by atoms with E-state index in [0.29, 0.717) is 32.6 Å². The summed E-state index contributed by atoms with van der Waals surface area (Å²) in [5.41, 5.74) is -1.08. The van der Waals surface area contributed by atoms with Crippen LogP contribution in [0.4, 0.5) is 19.0 Å². The number of hydrogen-bond acceptors (Lipinski definition) is 7. The maximum Gasteiger partial charge on any atom is 0.434 e. The molecule has 2 aliphatic rings. The number of aromatic nitrogens is 2. The number of halogens is 6. The maximum atomic E-state index is 13.3. The van der Waals surface area contributed by atoms with Crippen molar-refractivity contribution in [1.82, 2.24) is 10.1 Å². The monoisotopic (exact) mass is 634 g/mol. The Balaban J connectivity index is 1.19. The average molecular weight is 636 g/mol. The standard InChI is InChI=1S/C29H20Cl3F3N4O3/c30-20-2-1-3-21(31)24(20)25-18(26(42-38-25)15-4-5-15)12-41-17-7-8-19(22(32)10-17)28(40)13-39(14-28)23-9-6-16(11-36)27(37-23)29(33,34)35/h1-3,6-10,15,40H,4-5,12-14H2. The summed E-state index contributed by atoms with van der Waals surface area (Å²) >= 11 is 19.4. The third kappa shape index (κ3) is 5.26. The first-order valence-corrected chi connectivity index (χ1v) is 13.9. The normalized spacial score (nSPS) is 16.2.